The molecule has 0 unspecified atom stereocenters. The van der Waals surface area contributed by atoms with E-state index in [2.05, 4.69) is 4.98 Å². The molecule has 0 spiro atoms. The fourth-order valence-electron chi connectivity index (χ4n) is 2.25. The molecule has 106 valence electrons. The third-order valence-electron chi connectivity index (χ3n) is 3.27. The second-order valence-electron chi connectivity index (χ2n) is 5.05. The van der Waals surface area contributed by atoms with E-state index in [9.17, 15) is 9.59 Å². The van der Waals surface area contributed by atoms with Gasteiger partial charge in [0, 0.05) is 23.1 Å². The fraction of sp³-hybridized carbons (Fsp3) is 0.333. The zero-order valence-electron chi connectivity index (χ0n) is 11.6. The van der Waals surface area contributed by atoms with Crippen LogP contribution >= 0.6 is 0 Å². The molecular weight excluding hydrogens is 256 g/mol. The van der Waals surface area contributed by atoms with Gasteiger partial charge in [-0.05, 0) is 25.5 Å². The molecule has 2 aromatic rings. The molecule has 0 aliphatic rings. The Bertz CT molecular complexity index is 631. The van der Waals surface area contributed by atoms with E-state index in [1.54, 1.807) is 0 Å². The Morgan fingerprint density at radius 2 is 2.00 bits per heavy atom. The van der Waals surface area contributed by atoms with Crippen LogP contribution < -0.4 is 0 Å². The number of aromatic amines is 1. The van der Waals surface area contributed by atoms with Crippen LogP contribution in [0.15, 0.2) is 30.5 Å². The molecule has 0 fully saturated rings. The van der Waals surface area contributed by atoms with Crippen LogP contribution in [0.5, 0.6) is 0 Å². The number of H-pyrrole nitrogens is 1. The first kappa shape index (κ1) is 14.1. The number of hydrogen-bond donors (Lipinski definition) is 2. The van der Waals surface area contributed by atoms with Crippen LogP contribution in [0, 0.1) is 0 Å². The highest BCUT2D eigenvalue weighted by Gasteiger charge is 2.20. The van der Waals surface area contributed by atoms with E-state index < -0.39 is 5.97 Å². The maximum atomic E-state index is 12.3. The SMILES string of the molecule is CC(C)N(CC(=O)O)C(=O)Cc1c[nH]c2ccccc12. The van der Waals surface area contributed by atoms with Gasteiger partial charge in [0.25, 0.3) is 0 Å². The van der Waals surface area contributed by atoms with Crippen molar-refractivity contribution >= 4 is 22.8 Å². The molecule has 20 heavy (non-hydrogen) atoms. The molecule has 0 bridgehead atoms. The molecule has 2 rings (SSSR count). The summed E-state index contributed by atoms with van der Waals surface area (Å²) in [4.78, 5) is 27.6. The number of carbonyl (C=O) groups is 2. The van der Waals surface area contributed by atoms with Gasteiger partial charge in [-0.25, -0.2) is 0 Å². The number of carbonyl (C=O) groups excluding carboxylic acids is 1. The maximum absolute atomic E-state index is 12.3. The predicted octanol–water partition coefficient (Wildman–Crippen LogP) is 2.03. The van der Waals surface area contributed by atoms with Crippen molar-refractivity contribution in [3.63, 3.8) is 0 Å². The molecule has 1 amide bonds. The standard InChI is InChI=1S/C15H18N2O3/c1-10(2)17(9-15(19)20)14(18)7-11-8-16-13-6-4-3-5-12(11)13/h3-6,8,10,16H,7,9H2,1-2H3,(H,19,20). The summed E-state index contributed by atoms with van der Waals surface area (Å²) in [6, 6.07) is 7.60. The highest BCUT2D eigenvalue weighted by molar-refractivity contribution is 5.90. The van der Waals surface area contributed by atoms with Crippen molar-refractivity contribution in [2.24, 2.45) is 0 Å². The van der Waals surface area contributed by atoms with Crippen molar-refractivity contribution in [1.82, 2.24) is 9.88 Å². The van der Waals surface area contributed by atoms with Crippen LogP contribution in [0.4, 0.5) is 0 Å². The van der Waals surface area contributed by atoms with E-state index in [4.69, 9.17) is 5.11 Å². The number of para-hydroxylation sites is 1. The van der Waals surface area contributed by atoms with Gasteiger partial charge >= 0.3 is 5.97 Å². The normalized spacial score (nSPS) is 10.9. The maximum Gasteiger partial charge on any atom is 0.323 e. The summed E-state index contributed by atoms with van der Waals surface area (Å²) in [5.74, 6) is -1.17. The summed E-state index contributed by atoms with van der Waals surface area (Å²) >= 11 is 0. The van der Waals surface area contributed by atoms with E-state index in [0.29, 0.717) is 0 Å². The molecule has 1 heterocycles. The molecule has 0 aliphatic carbocycles. The molecule has 5 heteroatoms. The van der Waals surface area contributed by atoms with Crippen LogP contribution in [-0.2, 0) is 16.0 Å². The Hall–Kier alpha value is -2.30. The number of nitrogens with one attached hydrogen (secondary N) is 1. The van der Waals surface area contributed by atoms with Gasteiger partial charge < -0.3 is 15.0 Å². The minimum atomic E-state index is -0.994. The van der Waals surface area contributed by atoms with Crippen LogP contribution in [0.25, 0.3) is 10.9 Å². The molecule has 0 atom stereocenters. The second-order valence-corrected chi connectivity index (χ2v) is 5.05. The number of aliphatic carboxylic acids is 1. The van der Waals surface area contributed by atoms with E-state index in [1.165, 1.54) is 4.90 Å². The average Bonchev–Trinajstić information content (AvgIpc) is 2.79. The Kier molecular flexibility index (Phi) is 4.08. The molecular formula is C15H18N2O3. The summed E-state index contributed by atoms with van der Waals surface area (Å²) in [5.41, 5.74) is 1.87. The monoisotopic (exact) mass is 274 g/mol. The van der Waals surface area contributed by atoms with E-state index in [-0.39, 0.29) is 24.9 Å². The lowest BCUT2D eigenvalue weighted by Gasteiger charge is -2.24. The second kappa shape index (κ2) is 5.77. The van der Waals surface area contributed by atoms with Gasteiger partial charge in [-0.15, -0.1) is 0 Å². The molecule has 0 saturated heterocycles. The Morgan fingerprint density at radius 3 is 2.65 bits per heavy atom. The number of rotatable bonds is 5. The number of hydrogen-bond acceptors (Lipinski definition) is 2. The number of carboxylic acid groups (broad SMARTS) is 1. The molecule has 0 radical (unpaired) electrons. The summed E-state index contributed by atoms with van der Waals surface area (Å²) in [7, 11) is 0. The fourth-order valence-corrected chi connectivity index (χ4v) is 2.25. The molecule has 2 N–H and O–H groups in total. The van der Waals surface area contributed by atoms with E-state index in [0.717, 1.165) is 16.5 Å². The van der Waals surface area contributed by atoms with Gasteiger partial charge in [0.1, 0.15) is 6.54 Å². The number of amides is 1. The average molecular weight is 274 g/mol. The van der Waals surface area contributed by atoms with Gasteiger partial charge in [0.15, 0.2) is 0 Å². The van der Waals surface area contributed by atoms with E-state index in [1.807, 2.05) is 44.3 Å². The summed E-state index contributed by atoms with van der Waals surface area (Å²) in [5, 5.41) is 9.88. The number of carboxylic acids is 1. The van der Waals surface area contributed by atoms with Gasteiger partial charge in [0.05, 0.1) is 6.42 Å². The van der Waals surface area contributed by atoms with Gasteiger partial charge in [-0.1, -0.05) is 18.2 Å². The Labute approximate surface area is 117 Å². The lowest BCUT2D eigenvalue weighted by atomic mass is 10.1. The molecule has 0 aliphatic heterocycles. The number of aromatic nitrogens is 1. The van der Waals surface area contributed by atoms with Gasteiger partial charge in [0.2, 0.25) is 5.91 Å². The minimum Gasteiger partial charge on any atom is -0.480 e. The number of fused-ring (bicyclic) bond motifs is 1. The topological polar surface area (TPSA) is 73.4 Å². The first-order valence-corrected chi connectivity index (χ1v) is 6.55. The van der Waals surface area contributed by atoms with Crippen LogP contribution in [0.3, 0.4) is 0 Å². The smallest absolute Gasteiger partial charge is 0.323 e. The van der Waals surface area contributed by atoms with E-state index >= 15 is 0 Å². The predicted molar refractivity (Wildman–Crippen MR) is 76.5 cm³/mol. The zero-order chi connectivity index (χ0) is 14.7. The molecule has 1 aromatic carbocycles. The van der Waals surface area contributed by atoms with Crippen LogP contribution in [-0.4, -0.2) is 39.5 Å². The third-order valence-corrected chi connectivity index (χ3v) is 3.27. The van der Waals surface area contributed by atoms with Crippen molar-refractivity contribution in [2.45, 2.75) is 26.3 Å². The van der Waals surface area contributed by atoms with Gasteiger partial charge in [-0.3, -0.25) is 9.59 Å². The van der Waals surface area contributed by atoms with Gasteiger partial charge in [-0.2, -0.15) is 0 Å². The zero-order valence-corrected chi connectivity index (χ0v) is 11.6. The summed E-state index contributed by atoms with van der Waals surface area (Å²) in [6.07, 6.45) is 2.01. The number of benzene rings is 1. The quantitative estimate of drug-likeness (QED) is 0.876. The summed E-state index contributed by atoms with van der Waals surface area (Å²) in [6.45, 7) is 3.37. The Morgan fingerprint density at radius 1 is 1.30 bits per heavy atom. The molecule has 1 aromatic heterocycles. The molecule has 0 saturated carbocycles. The van der Waals surface area contributed by atoms with Crippen molar-refractivity contribution in [2.75, 3.05) is 6.54 Å². The van der Waals surface area contributed by atoms with Crippen LogP contribution in [0.1, 0.15) is 19.4 Å². The lowest BCUT2D eigenvalue weighted by Crippen LogP contribution is -2.41. The van der Waals surface area contributed by atoms with Crippen molar-refractivity contribution in [1.29, 1.82) is 0 Å². The Balaban J connectivity index is 2.19. The highest BCUT2D eigenvalue weighted by Crippen LogP contribution is 2.19. The lowest BCUT2D eigenvalue weighted by molar-refractivity contribution is -0.145. The highest BCUT2D eigenvalue weighted by atomic mass is 16.4. The largest absolute Gasteiger partial charge is 0.480 e. The van der Waals surface area contributed by atoms with Crippen molar-refractivity contribution in [3.8, 4) is 0 Å². The third kappa shape index (κ3) is 2.99. The first-order chi connectivity index (χ1) is 9.49. The van der Waals surface area contributed by atoms with Crippen molar-refractivity contribution in [3.05, 3.63) is 36.0 Å². The van der Waals surface area contributed by atoms with Crippen molar-refractivity contribution < 1.29 is 14.7 Å². The number of nitrogens with zero attached hydrogens (tertiary/aromatic N) is 1. The summed E-state index contributed by atoms with van der Waals surface area (Å²) < 4.78 is 0. The first-order valence-electron chi connectivity index (χ1n) is 6.55. The molecule has 5 nitrogen and oxygen atoms in total. The van der Waals surface area contributed by atoms with Crippen LogP contribution in [0.2, 0.25) is 0 Å². The minimum absolute atomic E-state index is 0.135.